The number of nitrogens with zero attached hydrogens (tertiary/aromatic N) is 3. The van der Waals surface area contributed by atoms with Crippen molar-refractivity contribution in [3.05, 3.63) is 56.4 Å². The highest BCUT2D eigenvalue weighted by atomic mass is 79.9. The van der Waals surface area contributed by atoms with Crippen LogP contribution in [0.25, 0.3) is 11.3 Å². The van der Waals surface area contributed by atoms with Gasteiger partial charge in [-0.2, -0.15) is 10.2 Å². The molecule has 2 aromatic heterocycles. The van der Waals surface area contributed by atoms with Crippen LogP contribution >= 0.6 is 39.1 Å². The molecule has 0 unspecified atom stereocenters. The van der Waals surface area contributed by atoms with E-state index in [4.69, 9.17) is 23.2 Å². The second-order valence-electron chi connectivity index (χ2n) is 5.73. The van der Waals surface area contributed by atoms with E-state index < -0.39 is 0 Å². The fourth-order valence-electron chi connectivity index (χ4n) is 2.39. The zero-order valence-electron chi connectivity index (χ0n) is 13.9. The van der Waals surface area contributed by atoms with Gasteiger partial charge in [0.25, 0.3) is 5.91 Å². The molecule has 0 aliphatic heterocycles. The van der Waals surface area contributed by atoms with E-state index in [1.807, 2.05) is 17.8 Å². The third-order valence-corrected chi connectivity index (χ3v) is 5.29. The maximum Gasteiger partial charge on any atom is 0.269 e. The van der Waals surface area contributed by atoms with E-state index in [0.29, 0.717) is 28.0 Å². The van der Waals surface area contributed by atoms with E-state index >= 15 is 0 Å². The Morgan fingerprint density at radius 2 is 2.12 bits per heavy atom. The van der Waals surface area contributed by atoms with Crippen molar-refractivity contribution < 1.29 is 4.79 Å². The third kappa shape index (κ3) is 4.47. The Hall–Kier alpha value is -1.83. The second-order valence-corrected chi connectivity index (χ2v) is 7.40. The summed E-state index contributed by atoms with van der Waals surface area (Å²) in [4.78, 5) is 12.2. The average Bonchev–Trinajstić information content (AvgIpc) is 3.21. The van der Waals surface area contributed by atoms with E-state index in [0.717, 1.165) is 28.7 Å². The van der Waals surface area contributed by atoms with Crippen LogP contribution in [0.4, 0.5) is 0 Å². The van der Waals surface area contributed by atoms with E-state index in [1.165, 1.54) is 0 Å². The molecular weight excluding hydrogens is 441 g/mol. The van der Waals surface area contributed by atoms with Crippen LogP contribution in [0.1, 0.15) is 22.6 Å². The lowest BCUT2D eigenvalue weighted by molar-refractivity contribution is 0.0947. The fourth-order valence-corrected chi connectivity index (χ4v) is 3.00. The van der Waals surface area contributed by atoms with Gasteiger partial charge in [-0.15, -0.1) is 0 Å². The zero-order valence-corrected chi connectivity index (χ0v) is 17.0. The van der Waals surface area contributed by atoms with E-state index in [2.05, 4.69) is 36.5 Å². The molecule has 136 valence electrons. The molecule has 0 fully saturated rings. The minimum absolute atomic E-state index is 0.207. The number of nitrogens with one attached hydrogen (secondary N) is 2. The molecule has 0 aliphatic carbocycles. The average molecular weight is 457 g/mol. The van der Waals surface area contributed by atoms with Gasteiger partial charge in [0.05, 0.1) is 25.9 Å². The summed E-state index contributed by atoms with van der Waals surface area (Å²) in [7, 11) is 0. The molecule has 0 saturated carbocycles. The van der Waals surface area contributed by atoms with Crippen LogP contribution in [0, 0.1) is 6.92 Å². The standard InChI is InChI=1S/C17H16BrCl2N5O/c1-10-12(18)9-25(24-10)6-2-5-21-17(26)16-8-15(22-23-16)11-3-4-13(19)14(20)7-11/h3-4,7-9H,2,5-6H2,1H3,(H,21,26)(H,22,23). The van der Waals surface area contributed by atoms with Crippen LogP contribution < -0.4 is 5.32 Å². The van der Waals surface area contributed by atoms with Gasteiger partial charge in [0.15, 0.2) is 0 Å². The minimum atomic E-state index is -0.207. The Morgan fingerprint density at radius 3 is 2.81 bits per heavy atom. The highest BCUT2D eigenvalue weighted by Crippen LogP contribution is 2.27. The number of H-pyrrole nitrogens is 1. The van der Waals surface area contributed by atoms with Crippen molar-refractivity contribution in [2.45, 2.75) is 19.9 Å². The predicted molar refractivity (Wildman–Crippen MR) is 106 cm³/mol. The Morgan fingerprint density at radius 1 is 1.31 bits per heavy atom. The number of rotatable bonds is 6. The lowest BCUT2D eigenvalue weighted by Crippen LogP contribution is -2.25. The van der Waals surface area contributed by atoms with Gasteiger partial charge in [0.2, 0.25) is 0 Å². The van der Waals surface area contributed by atoms with Crippen molar-refractivity contribution in [3.8, 4) is 11.3 Å². The maximum atomic E-state index is 12.2. The second kappa shape index (κ2) is 8.24. The highest BCUT2D eigenvalue weighted by Gasteiger charge is 2.11. The molecule has 6 nitrogen and oxygen atoms in total. The first-order chi connectivity index (χ1) is 12.4. The largest absolute Gasteiger partial charge is 0.351 e. The molecule has 1 aromatic carbocycles. The first-order valence-corrected chi connectivity index (χ1v) is 9.47. The topological polar surface area (TPSA) is 75.6 Å². The number of aryl methyl sites for hydroxylation is 2. The van der Waals surface area contributed by atoms with Crippen molar-refractivity contribution in [2.75, 3.05) is 6.54 Å². The third-order valence-electron chi connectivity index (χ3n) is 3.77. The monoisotopic (exact) mass is 455 g/mol. The molecule has 9 heteroatoms. The van der Waals surface area contributed by atoms with Crippen molar-refractivity contribution >= 4 is 45.0 Å². The summed E-state index contributed by atoms with van der Waals surface area (Å²) in [6, 6.07) is 6.90. The lowest BCUT2D eigenvalue weighted by atomic mass is 10.1. The molecule has 3 rings (SSSR count). The van der Waals surface area contributed by atoms with Gasteiger partial charge < -0.3 is 5.32 Å². The molecule has 26 heavy (non-hydrogen) atoms. The number of carbonyl (C=O) groups excluding carboxylic acids is 1. The number of aromatic amines is 1. The number of hydrogen-bond donors (Lipinski definition) is 2. The summed E-state index contributed by atoms with van der Waals surface area (Å²) in [5, 5.41) is 15.0. The van der Waals surface area contributed by atoms with Crippen molar-refractivity contribution in [3.63, 3.8) is 0 Å². The van der Waals surface area contributed by atoms with E-state index in [1.54, 1.807) is 24.3 Å². The van der Waals surface area contributed by atoms with Crippen LogP contribution in [0.15, 0.2) is 34.9 Å². The summed E-state index contributed by atoms with van der Waals surface area (Å²) in [6.07, 6.45) is 2.70. The van der Waals surface area contributed by atoms with Gasteiger partial charge in [0.1, 0.15) is 5.69 Å². The number of amides is 1. The van der Waals surface area contributed by atoms with Gasteiger partial charge in [0, 0.05) is 24.8 Å². The van der Waals surface area contributed by atoms with Gasteiger partial charge in [-0.05, 0) is 47.5 Å². The number of carbonyl (C=O) groups is 1. The molecule has 0 atom stereocenters. The first kappa shape index (κ1) is 18.9. The highest BCUT2D eigenvalue weighted by molar-refractivity contribution is 9.10. The molecule has 2 N–H and O–H groups in total. The number of hydrogen-bond acceptors (Lipinski definition) is 3. The summed E-state index contributed by atoms with van der Waals surface area (Å²) in [6.45, 7) is 3.20. The molecule has 2 heterocycles. The summed E-state index contributed by atoms with van der Waals surface area (Å²) >= 11 is 15.4. The molecular formula is C17H16BrCl2N5O. The predicted octanol–water partition coefficient (Wildman–Crippen LogP) is 4.47. The van der Waals surface area contributed by atoms with Crippen LogP contribution in [-0.2, 0) is 6.54 Å². The zero-order chi connectivity index (χ0) is 18.7. The van der Waals surface area contributed by atoms with Crippen LogP contribution in [-0.4, -0.2) is 32.4 Å². The number of aromatic nitrogens is 4. The van der Waals surface area contributed by atoms with Crippen LogP contribution in [0.3, 0.4) is 0 Å². The molecule has 3 aromatic rings. The Kier molecular flexibility index (Phi) is 6.01. The molecule has 1 amide bonds. The van der Waals surface area contributed by atoms with E-state index in [-0.39, 0.29) is 5.91 Å². The normalized spacial score (nSPS) is 10.9. The Balaban J connectivity index is 1.53. The molecule has 0 spiro atoms. The van der Waals surface area contributed by atoms with E-state index in [9.17, 15) is 4.79 Å². The van der Waals surface area contributed by atoms with Crippen molar-refractivity contribution in [1.82, 2.24) is 25.3 Å². The maximum absolute atomic E-state index is 12.2. The SMILES string of the molecule is Cc1nn(CCCNC(=O)c2cc(-c3ccc(Cl)c(Cl)c3)n[nH]2)cc1Br. The fraction of sp³-hybridized carbons (Fsp3) is 0.235. The van der Waals surface area contributed by atoms with Crippen molar-refractivity contribution in [1.29, 1.82) is 0 Å². The van der Waals surface area contributed by atoms with Crippen molar-refractivity contribution in [2.24, 2.45) is 0 Å². The quantitative estimate of drug-likeness (QED) is 0.537. The summed E-state index contributed by atoms with van der Waals surface area (Å²) in [5.74, 6) is -0.207. The molecule has 0 bridgehead atoms. The lowest BCUT2D eigenvalue weighted by Gasteiger charge is -2.04. The summed E-state index contributed by atoms with van der Waals surface area (Å²) in [5.41, 5.74) is 2.75. The Labute approximate surface area is 169 Å². The van der Waals surface area contributed by atoms with Gasteiger partial charge >= 0.3 is 0 Å². The summed E-state index contributed by atoms with van der Waals surface area (Å²) < 4.78 is 2.83. The first-order valence-electron chi connectivity index (χ1n) is 7.92. The smallest absolute Gasteiger partial charge is 0.269 e. The van der Waals surface area contributed by atoms with Gasteiger partial charge in [-0.1, -0.05) is 29.3 Å². The molecule has 0 saturated heterocycles. The number of benzene rings is 1. The number of halogens is 3. The molecule has 0 aliphatic rings. The van der Waals surface area contributed by atoms with Crippen LogP contribution in [0.2, 0.25) is 10.0 Å². The Bertz CT molecular complexity index is 918. The van der Waals surface area contributed by atoms with Crippen LogP contribution in [0.5, 0.6) is 0 Å². The minimum Gasteiger partial charge on any atom is -0.351 e. The molecule has 0 radical (unpaired) electrons. The van der Waals surface area contributed by atoms with Gasteiger partial charge in [-0.25, -0.2) is 0 Å². The van der Waals surface area contributed by atoms with Gasteiger partial charge in [-0.3, -0.25) is 14.6 Å².